The summed E-state index contributed by atoms with van der Waals surface area (Å²) in [5.41, 5.74) is 2.60. The van der Waals surface area contributed by atoms with E-state index in [1.165, 1.54) is 32.1 Å². The number of hydrogen-bond donors (Lipinski definition) is 2. The third kappa shape index (κ3) is 5.36. The van der Waals surface area contributed by atoms with E-state index in [1.807, 2.05) is 0 Å². The number of hydrogen-bond acceptors (Lipinski definition) is 4. The van der Waals surface area contributed by atoms with Crippen LogP contribution < -0.4 is 16.0 Å². The molecule has 0 aromatic heterocycles. The van der Waals surface area contributed by atoms with Gasteiger partial charge in [-0.3, -0.25) is 10.2 Å². The molecule has 0 aliphatic heterocycles. The lowest BCUT2D eigenvalue weighted by Crippen LogP contribution is -2.29. The Morgan fingerprint density at radius 1 is 1.14 bits per heavy atom. The fraction of sp³-hybridized carbons (Fsp3) is 0.562. The van der Waals surface area contributed by atoms with Crippen molar-refractivity contribution in [2.24, 2.45) is 11.8 Å². The van der Waals surface area contributed by atoms with Crippen LogP contribution in [0.3, 0.4) is 0 Å². The Hall–Kier alpha value is -1.59. The molecule has 1 amide bonds. The average Bonchev–Trinajstić information content (AvgIpc) is 2.55. The van der Waals surface area contributed by atoms with Gasteiger partial charge in [0.15, 0.2) is 0 Å². The largest absolute Gasteiger partial charge is 0.491 e. The predicted molar refractivity (Wildman–Crippen MR) is 81.0 cm³/mol. The quantitative estimate of drug-likeness (QED) is 0.350. The predicted octanol–water partition coefficient (Wildman–Crippen LogP) is 2.27. The molecule has 21 heavy (non-hydrogen) atoms. The zero-order chi connectivity index (χ0) is 14.9. The number of amides is 1. The summed E-state index contributed by atoms with van der Waals surface area (Å²) in [5.74, 6) is 6.22. The molecule has 0 spiro atoms. The number of nitrogens with two attached hydrogens (primary N) is 1. The SMILES string of the molecule is NNC(=O)c1ccc(OCCOCC2CCCCC2)cc1. The van der Waals surface area contributed by atoms with E-state index in [9.17, 15) is 4.79 Å². The first-order valence-corrected chi connectivity index (χ1v) is 7.61. The first-order chi connectivity index (χ1) is 10.3. The highest BCUT2D eigenvalue weighted by Gasteiger charge is 2.13. The average molecular weight is 292 g/mol. The van der Waals surface area contributed by atoms with Gasteiger partial charge in [0.25, 0.3) is 5.91 Å². The van der Waals surface area contributed by atoms with Crippen LogP contribution in [-0.2, 0) is 4.74 Å². The molecule has 3 N–H and O–H groups in total. The molecule has 1 aliphatic rings. The Morgan fingerprint density at radius 3 is 2.52 bits per heavy atom. The second kappa shape index (κ2) is 8.64. The van der Waals surface area contributed by atoms with Gasteiger partial charge >= 0.3 is 0 Å². The number of benzene rings is 1. The first-order valence-electron chi connectivity index (χ1n) is 7.61. The van der Waals surface area contributed by atoms with Crippen LogP contribution in [0.4, 0.5) is 0 Å². The van der Waals surface area contributed by atoms with Crippen LogP contribution in [0.5, 0.6) is 5.75 Å². The van der Waals surface area contributed by atoms with E-state index in [0.717, 1.165) is 18.3 Å². The molecule has 1 aromatic rings. The molecule has 1 aromatic carbocycles. The molecule has 5 nitrogen and oxygen atoms in total. The highest BCUT2D eigenvalue weighted by Crippen LogP contribution is 2.23. The summed E-state index contributed by atoms with van der Waals surface area (Å²) in [6, 6.07) is 6.87. The summed E-state index contributed by atoms with van der Waals surface area (Å²) in [5, 5.41) is 0. The van der Waals surface area contributed by atoms with Crippen molar-refractivity contribution in [3.8, 4) is 5.75 Å². The van der Waals surface area contributed by atoms with Crippen LogP contribution in [-0.4, -0.2) is 25.7 Å². The summed E-state index contributed by atoms with van der Waals surface area (Å²) in [4.78, 5) is 11.3. The maximum Gasteiger partial charge on any atom is 0.265 e. The van der Waals surface area contributed by atoms with Crippen molar-refractivity contribution in [2.75, 3.05) is 19.8 Å². The second-order valence-electron chi connectivity index (χ2n) is 5.43. The Kier molecular flexibility index (Phi) is 6.50. The van der Waals surface area contributed by atoms with Gasteiger partial charge in [-0.05, 0) is 43.0 Å². The zero-order valence-corrected chi connectivity index (χ0v) is 12.3. The molecule has 5 heteroatoms. The van der Waals surface area contributed by atoms with Crippen molar-refractivity contribution >= 4 is 5.91 Å². The monoisotopic (exact) mass is 292 g/mol. The summed E-state index contributed by atoms with van der Waals surface area (Å²) in [7, 11) is 0. The molecule has 0 saturated heterocycles. The third-order valence-electron chi connectivity index (χ3n) is 3.82. The number of carbonyl (C=O) groups is 1. The molecule has 1 aliphatic carbocycles. The first kappa shape index (κ1) is 15.8. The van der Waals surface area contributed by atoms with Gasteiger partial charge in [-0.15, -0.1) is 0 Å². The number of carbonyl (C=O) groups excluding carboxylic acids is 1. The molecule has 1 saturated carbocycles. The van der Waals surface area contributed by atoms with Gasteiger partial charge in [-0.1, -0.05) is 19.3 Å². The normalized spacial score (nSPS) is 15.7. The second-order valence-corrected chi connectivity index (χ2v) is 5.43. The van der Waals surface area contributed by atoms with E-state index < -0.39 is 0 Å². The van der Waals surface area contributed by atoms with Gasteiger partial charge in [-0.2, -0.15) is 0 Å². The number of hydrazine groups is 1. The topological polar surface area (TPSA) is 73.6 Å². The molecule has 116 valence electrons. The molecule has 0 unspecified atom stereocenters. The smallest absolute Gasteiger partial charge is 0.265 e. The Labute approximate surface area is 125 Å². The van der Waals surface area contributed by atoms with Gasteiger partial charge in [0.2, 0.25) is 0 Å². The lowest BCUT2D eigenvalue weighted by atomic mass is 9.90. The van der Waals surface area contributed by atoms with E-state index in [4.69, 9.17) is 15.3 Å². The lowest BCUT2D eigenvalue weighted by Gasteiger charge is -2.21. The highest BCUT2D eigenvalue weighted by atomic mass is 16.5. The fourth-order valence-corrected chi connectivity index (χ4v) is 2.61. The Balaban J connectivity index is 1.61. The zero-order valence-electron chi connectivity index (χ0n) is 12.3. The number of nitrogens with one attached hydrogen (secondary N) is 1. The van der Waals surface area contributed by atoms with Crippen molar-refractivity contribution in [1.29, 1.82) is 0 Å². The van der Waals surface area contributed by atoms with Gasteiger partial charge < -0.3 is 9.47 Å². The van der Waals surface area contributed by atoms with Crippen LogP contribution in [0.25, 0.3) is 0 Å². The van der Waals surface area contributed by atoms with E-state index in [2.05, 4.69) is 5.43 Å². The summed E-state index contributed by atoms with van der Waals surface area (Å²) in [6.07, 6.45) is 6.65. The van der Waals surface area contributed by atoms with Gasteiger partial charge in [0.1, 0.15) is 12.4 Å². The molecule has 0 heterocycles. The molecular weight excluding hydrogens is 268 g/mol. The van der Waals surface area contributed by atoms with E-state index in [1.54, 1.807) is 24.3 Å². The minimum Gasteiger partial charge on any atom is -0.491 e. The number of nitrogen functional groups attached to an aromatic ring is 1. The van der Waals surface area contributed by atoms with Crippen LogP contribution >= 0.6 is 0 Å². The van der Waals surface area contributed by atoms with Crippen LogP contribution in [0.1, 0.15) is 42.5 Å². The summed E-state index contributed by atoms with van der Waals surface area (Å²) in [6.45, 7) is 1.97. The highest BCUT2D eigenvalue weighted by molar-refractivity contribution is 5.93. The number of rotatable bonds is 7. The molecule has 0 atom stereocenters. The maximum atomic E-state index is 11.3. The maximum absolute atomic E-state index is 11.3. The molecular formula is C16H24N2O3. The van der Waals surface area contributed by atoms with Crippen LogP contribution in [0.15, 0.2) is 24.3 Å². The van der Waals surface area contributed by atoms with Crippen molar-refractivity contribution in [3.05, 3.63) is 29.8 Å². The molecule has 0 bridgehead atoms. The van der Waals surface area contributed by atoms with Gasteiger partial charge in [-0.25, -0.2) is 5.84 Å². The van der Waals surface area contributed by atoms with E-state index in [0.29, 0.717) is 18.8 Å². The Morgan fingerprint density at radius 2 is 1.86 bits per heavy atom. The standard InChI is InChI=1S/C16H24N2O3/c17-18-16(19)14-6-8-15(9-7-14)21-11-10-20-12-13-4-2-1-3-5-13/h6-9,13H,1-5,10-12,17H2,(H,18,19). The summed E-state index contributed by atoms with van der Waals surface area (Å²) >= 11 is 0. The van der Waals surface area contributed by atoms with Crippen LogP contribution in [0, 0.1) is 5.92 Å². The van der Waals surface area contributed by atoms with Crippen molar-refractivity contribution < 1.29 is 14.3 Å². The fourth-order valence-electron chi connectivity index (χ4n) is 2.61. The van der Waals surface area contributed by atoms with Gasteiger partial charge in [0, 0.05) is 12.2 Å². The lowest BCUT2D eigenvalue weighted by molar-refractivity contribution is 0.0635. The van der Waals surface area contributed by atoms with E-state index in [-0.39, 0.29) is 5.91 Å². The molecule has 2 rings (SSSR count). The van der Waals surface area contributed by atoms with Crippen molar-refractivity contribution in [3.63, 3.8) is 0 Å². The van der Waals surface area contributed by atoms with Crippen molar-refractivity contribution in [2.45, 2.75) is 32.1 Å². The minimum absolute atomic E-state index is 0.308. The molecule has 1 fully saturated rings. The van der Waals surface area contributed by atoms with Gasteiger partial charge in [0.05, 0.1) is 6.61 Å². The minimum atomic E-state index is -0.308. The Bertz CT molecular complexity index is 428. The van der Waals surface area contributed by atoms with Crippen LogP contribution in [0.2, 0.25) is 0 Å². The molecule has 0 radical (unpaired) electrons. The van der Waals surface area contributed by atoms with Crippen molar-refractivity contribution in [1.82, 2.24) is 5.43 Å². The third-order valence-corrected chi connectivity index (χ3v) is 3.82. The van der Waals surface area contributed by atoms with E-state index >= 15 is 0 Å². The number of ether oxygens (including phenoxy) is 2. The summed E-state index contributed by atoms with van der Waals surface area (Å²) < 4.78 is 11.2.